The highest BCUT2D eigenvalue weighted by atomic mass is 19.1. The third kappa shape index (κ3) is 8.98. The lowest BCUT2D eigenvalue weighted by atomic mass is 9.94. The number of amides is 2. The monoisotopic (exact) mass is 524 g/mol. The van der Waals surface area contributed by atoms with Crippen molar-refractivity contribution in [3.8, 4) is 0 Å². The molecule has 0 spiro atoms. The summed E-state index contributed by atoms with van der Waals surface area (Å²) < 4.78 is 33.6. The number of hydrogen-bond donors (Lipinski definition) is 4. The highest BCUT2D eigenvalue weighted by Crippen LogP contribution is 2.22. The fourth-order valence-corrected chi connectivity index (χ4v) is 5.12. The Morgan fingerprint density at radius 2 is 2.00 bits per heavy atom. The fourth-order valence-electron chi connectivity index (χ4n) is 5.12. The Kier molecular flexibility index (Phi) is 11.7. The van der Waals surface area contributed by atoms with Crippen LogP contribution in [0.4, 0.5) is 8.78 Å². The van der Waals surface area contributed by atoms with E-state index in [1.54, 1.807) is 4.90 Å². The van der Waals surface area contributed by atoms with Crippen LogP contribution in [-0.2, 0) is 20.7 Å². The van der Waals surface area contributed by atoms with Crippen molar-refractivity contribution in [3.05, 3.63) is 35.4 Å². The number of rotatable bonds is 15. The second kappa shape index (κ2) is 14.7. The maximum Gasteiger partial charge on any atom is 0.225 e. The Hall–Kier alpha value is -2.14. The van der Waals surface area contributed by atoms with Crippen molar-refractivity contribution >= 4 is 11.8 Å². The summed E-state index contributed by atoms with van der Waals surface area (Å²) in [6.07, 6.45) is 4.29. The number of likely N-dealkylation sites (tertiary alicyclic amines) is 1. The molecule has 10 heteroatoms. The van der Waals surface area contributed by atoms with Gasteiger partial charge in [0.2, 0.25) is 11.8 Å². The topological polar surface area (TPSA) is 117 Å². The van der Waals surface area contributed by atoms with E-state index < -0.39 is 29.7 Å². The van der Waals surface area contributed by atoms with E-state index in [-0.39, 0.29) is 36.8 Å². The van der Waals surface area contributed by atoms with Crippen LogP contribution in [0.2, 0.25) is 0 Å². The van der Waals surface area contributed by atoms with Gasteiger partial charge in [0.15, 0.2) is 0 Å². The molecule has 0 aliphatic carbocycles. The predicted octanol–water partition coefficient (Wildman–Crippen LogP) is 1.88. The maximum absolute atomic E-state index is 13.9. The van der Waals surface area contributed by atoms with Gasteiger partial charge in [-0.1, -0.05) is 19.8 Å². The third-order valence-electron chi connectivity index (χ3n) is 7.22. The first kappa shape index (κ1) is 29.4. The Balaban J connectivity index is 1.65. The zero-order valence-electron chi connectivity index (χ0n) is 21.8. The number of unbranched alkanes of at least 4 members (excludes halogenated alkanes) is 3. The molecule has 1 aromatic rings. The summed E-state index contributed by atoms with van der Waals surface area (Å²) in [7, 11) is 0. The molecule has 1 unspecified atom stereocenters. The largest absolute Gasteiger partial charge is 0.389 e. The molecule has 208 valence electrons. The number of ether oxygens (including phenoxy) is 1. The first-order valence-electron chi connectivity index (χ1n) is 13.6. The van der Waals surface area contributed by atoms with Crippen LogP contribution in [0.3, 0.4) is 0 Å². The minimum atomic E-state index is -1.01. The van der Waals surface area contributed by atoms with E-state index in [0.29, 0.717) is 44.8 Å². The SMILES string of the molecule is CCCCO[C@H]1CN[C@@H]([C@@H](O)[C@H](Cc2cc(F)cc(F)c2)NC(=O)C2CC(=O)N(CCCCCN)C2)C1. The fraction of sp³-hybridized carbons (Fsp3) is 0.704. The second-order valence-corrected chi connectivity index (χ2v) is 10.3. The van der Waals surface area contributed by atoms with E-state index in [1.807, 2.05) is 0 Å². The summed E-state index contributed by atoms with van der Waals surface area (Å²) in [5.41, 5.74) is 5.86. The summed E-state index contributed by atoms with van der Waals surface area (Å²) in [4.78, 5) is 27.4. The van der Waals surface area contributed by atoms with Gasteiger partial charge in [-0.3, -0.25) is 9.59 Å². The molecule has 37 heavy (non-hydrogen) atoms. The van der Waals surface area contributed by atoms with Crippen LogP contribution in [0.1, 0.15) is 57.4 Å². The van der Waals surface area contributed by atoms with Crippen molar-refractivity contribution in [2.45, 2.75) is 82.6 Å². The first-order chi connectivity index (χ1) is 17.8. The molecule has 2 aliphatic rings. The molecule has 1 aromatic carbocycles. The molecule has 2 amide bonds. The number of carbonyl (C=O) groups is 2. The standard InChI is InChI=1S/C27H42F2N4O4/c1-2-3-9-37-22-15-23(31-16-22)26(35)24(12-18-10-20(28)14-21(29)11-18)32-27(36)19-13-25(34)33(17-19)8-6-4-5-7-30/h10-11,14,19,22-24,26,31,35H,2-9,12-13,15-17,30H2,1H3,(H,32,36)/t19?,22-,23-,24+,26-/m1/s1. The van der Waals surface area contributed by atoms with Gasteiger partial charge in [-0.2, -0.15) is 0 Å². The maximum atomic E-state index is 13.9. The van der Waals surface area contributed by atoms with Crippen LogP contribution >= 0.6 is 0 Å². The Morgan fingerprint density at radius 1 is 1.24 bits per heavy atom. The van der Waals surface area contributed by atoms with Gasteiger partial charge in [0.1, 0.15) is 11.6 Å². The van der Waals surface area contributed by atoms with Crippen LogP contribution < -0.4 is 16.4 Å². The number of halogens is 2. The lowest BCUT2D eigenvalue weighted by Gasteiger charge is -2.29. The van der Waals surface area contributed by atoms with Crippen LogP contribution in [0.25, 0.3) is 0 Å². The van der Waals surface area contributed by atoms with Crippen molar-refractivity contribution in [1.29, 1.82) is 0 Å². The molecule has 5 N–H and O–H groups in total. The molecular weight excluding hydrogens is 482 g/mol. The Bertz CT molecular complexity index is 870. The molecule has 2 aliphatic heterocycles. The van der Waals surface area contributed by atoms with E-state index in [0.717, 1.165) is 38.2 Å². The number of carbonyl (C=O) groups excluding carboxylic acids is 2. The zero-order valence-corrected chi connectivity index (χ0v) is 21.8. The third-order valence-corrected chi connectivity index (χ3v) is 7.22. The van der Waals surface area contributed by atoms with Crippen LogP contribution in [0.15, 0.2) is 18.2 Å². The summed E-state index contributed by atoms with van der Waals surface area (Å²) in [6.45, 7) is 4.83. The number of aliphatic hydroxyl groups excluding tert-OH is 1. The number of hydrogen-bond acceptors (Lipinski definition) is 6. The first-order valence-corrected chi connectivity index (χ1v) is 13.6. The van der Waals surface area contributed by atoms with E-state index >= 15 is 0 Å². The van der Waals surface area contributed by atoms with Crippen molar-refractivity contribution in [1.82, 2.24) is 15.5 Å². The lowest BCUT2D eigenvalue weighted by molar-refractivity contribution is -0.129. The van der Waals surface area contributed by atoms with E-state index in [4.69, 9.17) is 10.5 Å². The number of benzene rings is 1. The van der Waals surface area contributed by atoms with Gasteiger partial charge < -0.3 is 31.1 Å². The molecule has 2 heterocycles. The molecule has 2 fully saturated rings. The number of aliphatic hydroxyl groups is 1. The van der Waals surface area contributed by atoms with Crippen LogP contribution in [-0.4, -0.2) is 78.9 Å². The highest BCUT2D eigenvalue weighted by molar-refractivity contribution is 5.89. The van der Waals surface area contributed by atoms with Gasteiger partial charge in [0, 0.05) is 44.8 Å². The summed E-state index contributed by atoms with van der Waals surface area (Å²) >= 11 is 0. The smallest absolute Gasteiger partial charge is 0.225 e. The lowest BCUT2D eigenvalue weighted by Crippen LogP contribution is -2.53. The molecule has 2 saturated heterocycles. The summed E-state index contributed by atoms with van der Waals surface area (Å²) in [5, 5.41) is 17.4. The van der Waals surface area contributed by atoms with Gasteiger partial charge in [0.05, 0.1) is 24.2 Å². The predicted molar refractivity (Wildman–Crippen MR) is 137 cm³/mol. The second-order valence-electron chi connectivity index (χ2n) is 10.3. The zero-order chi connectivity index (χ0) is 26.8. The van der Waals surface area contributed by atoms with Crippen molar-refractivity contribution in [3.63, 3.8) is 0 Å². The summed E-state index contributed by atoms with van der Waals surface area (Å²) in [5.74, 6) is -2.38. The summed E-state index contributed by atoms with van der Waals surface area (Å²) in [6, 6.07) is 2.05. The molecule has 3 rings (SSSR count). The van der Waals surface area contributed by atoms with Gasteiger partial charge in [-0.15, -0.1) is 0 Å². The average Bonchev–Trinajstić information content (AvgIpc) is 3.47. The highest BCUT2D eigenvalue weighted by Gasteiger charge is 2.38. The molecule has 0 aromatic heterocycles. The van der Waals surface area contributed by atoms with Crippen LogP contribution in [0.5, 0.6) is 0 Å². The minimum Gasteiger partial charge on any atom is -0.389 e. The van der Waals surface area contributed by atoms with Crippen LogP contribution in [0, 0.1) is 17.6 Å². The van der Waals surface area contributed by atoms with Crippen molar-refractivity contribution in [2.75, 3.05) is 32.8 Å². The average molecular weight is 525 g/mol. The van der Waals surface area contributed by atoms with Crippen molar-refractivity contribution < 1.29 is 28.2 Å². The molecule has 8 nitrogen and oxygen atoms in total. The molecule has 0 radical (unpaired) electrons. The Morgan fingerprint density at radius 3 is 2.70 bits per heavy atom. The number of nitrogens with one attached hydrogen (secondary N) is 2. The van der Waals surface area contributed by atoms with Gasteiger partial charge >= 0.3 is 0 Å². The molecule has 0 saturated carbocycles. The van der Waals surface area contributed by atoms with Gasteiger partial charge in [-0.25, -0.2) is 8.78 Å². The van der Waals surface area contributed by atoms with E-state index in [1.165, 1.54) is 12.1 Å². The molecule has 0 bridgehead atoms. The normalized spacial score (nSPS) is 23.4. The van der Waals surface area contributed by atoms with E-state index in [9.17, 15) is 23.5 Å². The number of nitrogens with zero attached hydrogens (tertiary/aromatic N) is 1. The van der Waals surface area contributed by atoms with Gasteiger partial charge in [-0.05, 0) is 56.3 Å². The minimum absolute atomic E-state index is 0.0462. The number of nitrogens with two attached hydrogens (primary N) is 1. The quantitative estimate of drug-likeness (QED) is 0.260. The van der Waals surface area contributed by atoms with Gasteiger partial charge in [0.25, 0.3) is 0 Å². The van der Waals surface area contributed by atoms with E-state index in [2.05, 4.69) is 17.6 Å². The molecular formula is C27H42F2N4O4. The van der Waals surface area contributed by atoms with Crippen molar-refractivity contribution in [2.24, 2.45) is 11.7 Å². The molecule has 5 atom stereocenters. The Labute approximate surface area is 218 Å².